The number of piperidine rings is 1. The van der Waals surface area contributed by atoms with Crippen molar-refractivity contribution in [3.05, 3.63) is 77.9 Å². The number of fused-ring (bicyclic) bond motifs is 3. The van der Waals surface area contributed by atoms with Crippen molar-refractivity contribution in [3.63, 3.8) is 0 Å². The van der Waals surface area contributed by atoms with Crippen molar-refractivity contribution < 1.29 is 76.0 Å². The number of allylic oxidation sites excluding steroid dienone is 6. The molecular weight excluding hydrogens is 1100 g/mol. The minimum Gasteiger partial charge on any atom is -0.460 e. The van der Waals surface area contributed by atoms with Crippen molar-refractivity contribution in [2.24, 2.45) is 40.9 Å². The van der Waals surface area contributed by atoms with E-state index in [-0.39, 0.29) is 92.4 Å². The summed E-state index contributed by atoms with van der Waals surface area (Å²) in [6.45, 7) is 21.4. The molecule has 1 saturated carbocycles. The van der Waals surface area contributed by atoms with E-state index in [2.05, 4.69) is 6.92 Å². The number of nitrogens with zero attached hydrogens (tertiary/aromatic N) is 1. The summed E-state index contributed by atoms with van der Waals surface area (Å²) in [6, 6.07) is 8.43. The molecule has 0 radical (unpaired) electrons. The van der Waals surface area contributed by atoms with Gasteiger partial charge in [-0.2, -0.15) is 0 Å². The van der Waals surface area contributed by atoms with E-state index in [9.17, 15) is 33.9 Å². The van der Waals surface area contributed by atoms with Crippen LogP contribution in [0.15, 0.2) is 77.9 Å². The van der Waals surface area contributed by atoms with Gasteiger partial charge in [0.15, 0.2) is 19.9 Å². The molecule has 4 fully saturated rings. The fourth-order valence-electron chi connectivity index (χ4n) is 12.7. The van der Waals surface area contributed by atoms with E-state index in [1.165, 1.54) is 12.0 Å². The lowest BCUT2D eigenvalue weighted by atomic mass is 9.75. The van der Waals surface area contributed by atoms with Crippen LogP contribution in [0.3, 0.4) is 0 Å². The van der Waals surface area contributed by atoms with Gasteiger partial charge in [-0.05, 0) is 139 Å². The number of rotatable bonds is 13. The Labute approximate surface area is 507 Å². The summed E-state index contributed by atoms with van der Waals surface area (Å²) in [5.74, 6) is -7.93. The van der Waals surface area contributed by atoms with Gasteiger partial charge in [-0.1, -0.05) is 101 Å². The molecule has 15 atom stereocenters. The van der Waals surface area contributed by atoms with Crippen molar-refractivity contribution in [1.29, 1.82) is 0 Å². The van der Waals surface area contributed by atoms with E-state index >= 15 is 0 Å². The topological polar surface area (TPSA) is 209 Å². The monoisotopic (exact) mass is 1200 g/mol. The smallest absolute Gasteiger partial charge is 0.460 e. The maximum Gasteiger partial charge on any atom is 0.493 e. The first-order valence-electron chi connectivity index (χ1n) is 31.1. The molecule has 2 bridgehead atoms. The van der Waals surface area contributed by atoms with Gasteiger partial charge >= 0.3 is 13.1 Å². The molecule has 0 spiro atoms. The molecule has 0 aromatic heterocycles. The summed E-state index contributed by atoms with van der Waals surface area (Å²) in [5.41, 5.74) is 1.55. The van der Waals surface area contributed by atoms with Gasteiger partial charge in [0.2, 0.25) is 5.79 Å². The second-order valence-electron chi connectivity index (χ2n) is 26.4. The molecule has 1 aliphatic carbocycles. The normalized spacial score (nSPS) is 34.6. The molecule has 17 nitrogen and oxygen atoms in total. The van der Waals surface area contributed by atoms with E-state index < -0.39 is 92.7 Å². The number of hydrogen-bond acceptors (Lipinski definition) is 16. The van der Waals surface area contributed by atoms with Gasteiger partial charge in [0, 0.05) is 71.7 Å². The standard InChI is InChI=1S/C66H100BNO16Si/c1-42-23-17-15-18-24-43(2)55(76-9)37-51-30-28-48(7)66(75,83-51)62(72)63(73)68-32-22-21-27-52(68)64(74)82-56(38-53(69)44(3)34-47(6)60(84-85(12,13)14)61(78-11)59(71)46(5)33-42)45(4)35-49-29-31-54(57(36-49)77-10)79-39-58(70)65(8)40-80-67(81-41-65)50-25-19-16-20-26-50/h15-20,23-26,34,42,44-46,48-49,51-52,54-57,60-61,75H,21-22,27-33,35-41H2,1-14H3/b18-15?,23-17+,43-24?,47-34+/t42-,44-,45-,46-,48-,49+,51+,52+,54-,55+,56+,57-,60-,61+,66-/m1/s1. The molecule has 5 aliphatic rings. The molecular formula is C66H100BNO16Si. The number of esters is 1. The second kappa shape index (κ2) is 31.8. The van der Waals surface area contributed by atoms with E-state index in [4.69, 9.17) is 42.2 Å². The molecule has 4 aliphatic heterocycles. The van der Waals surface area contributed by atoms with Crippen molar-refractivity contribution >= 4 is 55.9 Å². The number of ether oxygens (including phenoxy) is 6. The summed E-state index contributed by atoms with van der Waals surface area (Å²) in [5, 5.41) is 12.1. The highest BCUT2D eigenvalue weighted by atomic mass is 28.4. The van der Waals surface area contributed by atoms with Gasteiger partial charge in [0.05, 0.1) is 35.9 Å². The zero-order valence-corrected chi connectivity index (χ0v) is 54.3. The first-order valence-corrected chi connectivity index (χ1v) is 34.5. The molecule has 4 heterocycles. The van der Waals surface area contributed by atoms with Gasteiger partial charge in [0.25, 0.3) is 11.7 Å². The molecule has 1 aromatic rings. The zero-order valence-electron chi connectivity index (χ0n) is 53.3. The third kappa shape index (κ3) is 18.9. The third-order valence-electron chi connectivity index (χ3n) is 18.2. The van der Waals surface area contributed by atoms with Gasteiger partial charge in [-0.15, -0.1) is 0 Å². The van der Waals surface area contributed by atoms with Crippen LogP contribution in [0.25, 0.3) is 0 Å². The number of carbonyl (C=O) groups is 6. The van der Waals surface area contributed by atoms with Gasteiger partial charge < -0.3 is 52.2 Å². The Balaban J connectivity index is 1.26. The molecule has 1 N–H and O–H groups in total. The van der Waals surface area contributed by atoms with E-state index in [0.29, 0.717) is 69.8 Å². The molecule has 1 aromatic carbocycles. The lowest BCUT2D eigenvalue weighted by Crippen LogP contribution is -2.61. The second-order valence-corrected chi connectivity index (χ2v) is 30.9. The summed E-state index contributed by atoms with van der Waals surface area (Å²) >= 11 is 0. The lowest BCUT2D eigenvalue weighted by Gasteiger charge is -2.42. The molecule has 3 saturated heterocycles. The zero-order chi connectivity index (χ0) is 62.4. The Morgan fingerprint density at radius 1 is 0.824 bits per heavy atom. The van der Waals surface area contributed by atoms with Gasteiger partial charge in [0.1, 0.15) is 30.6 Å². The predicted octanol–water partition coefficient (Wildman–Crippen LogP) is 9.08. The van der Waals surface area contributed by atoms with Crippen molar-refractivity contribution in [2.75, 3.05) is 47.7 Å². The minimum atomic E-state index is -2.45. The first kappa shape index (κ1) is 69.8. The number of amides is 1. The van der Waals surface area contributed by atoms with Crippen LogP contribution in [-0.2, 0) is 70.9 Å². The Bertz CT molecular complexity index is 2540. The summed E-state index contributed by atoms with van der Waals surface area (Å²) in [7, 11) is 1.84. The minimum absolute atomic E-state index is 0.0356. The predicted molar refractivity (Wildman–Crippen MR) is 328 cm³/mol. The van der Waals surface area contributed by atoms with E-state index in [1.54, 1.807) is 28.1 Å². The highest BCUT2D eigenvalue weighted by Crippen LogP contribution is 2.39. The Kier molecular flexibility index (Phi) is 26.1. The van der Waals surface area contributed by atoms with Crippen LogP contribution in [0.4, 0.5) is 0 Å². The Hall–Kier alpha value is -4.28. The highest BCUT2D eigenvalue weighted by molar-refractivity contribution is 6.69. The summed E-state index contributed by atoms with van der Waals surface area (Å²) < 4.78 is 55.8. The summed E-state index contributed by atoms with van der Waals surface area (Å²) in [6.07, 6.45) is 12.5. The van der Waals surface area contributed by atoms with Crippen LogP contribution >= 0.6 is 0 Å². The molecule has 6 rings (SSSR count). The average molecular weight is 1200 g/mol. The number of carbonyl (C=O) groups excluding carboxylic acids is 6. The van der Waals surface area contributed by atoms with Crippen molar-refractivity contribution in [3.8, 4) is 0 Å². The van der Waals surface area contributed by atoms with E-state index in [1.807, 2.05) is 121 Å². The van der Waals surface area contributed by atoms with Crippen LogP contribution in [-0.4, -0.2) is 163 Å². The Morgan fingerprint density at radius 2 is 1.53 bits per heavy atom. The number of methoxy groups -OCH3 is 3. The van der Waals surface area contributed by atoms with Gasteiger partial charge in [-0.25, -0.2) is 4.79 Å². The van der Waals surface area contributed by atoms with Crippen LogP contribution in [0.5, 0.6) is 0 Å². The van der Waals surface area contributed by atoms with Crippen molar-refractivity contribution in [2.45, 2.75) is 207 Å². The van der Waals surface area contributed by atoms with Crippen molar-refractivity contribution in [1.82, 2.24) is 4.90 Å². The third-order valence-corrected chi connectivity index (χ3v) is 19.1. The molecule has 19 heteroatoms. The molecule has 1 amide bonds. The largest absolute Gasteiger partial charge is 0.493 e. The van der Waals surface area contributed by atoms with Crippen LogP contribution in [0.2, 0.25) is 19.6 Å². The lowest BCUT2D eigenvalue weighted by molar-refractivity contribution is -0.265. The maximum absolute atomic E-state index is 14.8. The number of aliphatic hydroxyl groups is 1. The number of hydrogen-bond donors (Lipinski definition) is 1. The Morgan fingerprint density at radius 3 is 2.19 bits per heavy atom. The number of benzene rings is 1. The first-order chi connectivity index (χ1) is 40.2. The maximum atomic E-state index is 14.8. The fraction of sp³-hybridized carbons (Fsp3) is 0.697. The van der Waals surface area contributed by atoms with Gasteiger partial charge in [-0.3, -0.25) is 24.0 Å². The fourth-order valence-corrected chi connectivity index (χ4v) is 13.8. The molecule has 472 valence electrons. The van der Waals surface area contributed by atoms with Crippen LogP contribution < -0.4 is 5.46 Å². The highest BCUT2D eigenvalue weighted by Gasteiger charge is 2.53. The van der Waals surface area contributed by atoms with E-state index in [0.717, 1.165) is 11.0 Å². The average Bonchev–Trinajstić information content (AvgIpc) is 2.62. The molecule has 85 heavy (non-hydrogen) atoms. The quantitative estimate of drug-likeness (QED) is 0.0845. The molecule has 0 unspecified atom stereocenters. The number of ketones is 4. The number of Topliss-reactive ketones (excluding diaryl/α,β-unsaturated/α-hetero) is 4. The van der Waals surface area contributed by atoms with Crippen LogP contribution in [0.1, 0.15) is 132 Å². The van der Waals surface area contributed by atoms with Crippen LogP contribution in [0, 0.1) is 40.9 Å². The SMILES string of the molecule is CO[C@H]1C[C@@H]2CC[C@@H](C)[C@@](O)(O2)C(=O)C(=O)N2CCCC[C@H]2C(=O)O[C@H]([C@H](C)C[C@@H]2CC[C@@H](OCC(=O)C3(C)COB(c4ccccc4)OC3)[C@H](OC)C2)CC(=O)[C@H](C)/C=C(\C)[C@@H](O[Si](C)(C)C)[C@@H](OC)C(=O)[C@H](C)C[C@H](C)/C=C/C=CC=C1C. The summed E-state index contributed by atoms with van der Waals surface area (Å²) in [4.78, 5) is 88.0. The number of cyclic esters (lactones) is 1.